The molecule has 18 heavy (non-hydrogen) atoms. The van der Waals surface area contributed by atoms with Gasteiger partial charge in [-0.3, -0.25) is 4.79 Å². The van der Waals surface area contributed by atoms with E-state index in [-0.39, 0.29) is 11.7 Å². The van der Waals surface area contributed by atoms with Crippen LogP contribution in [0.5, 0.6) is 5.75 Å². The number of aromatic nitrogens is 1. The highest BCUT2D eigenvalue weighted by atomic mass is 16.3. The first-order valence-electron chi connectivity index (χ1n) is 5.93. The van der Waals surface area contributed by atoms with Crippen molar-refractivity contribution in [1.29, 1.82) is 0 Å². The molecule has 0 radical (unpaired) electrons. The van der Waals surface area contributed by atoms with Gasteiger partial charge in [-0.15, -0.1) is 0 Å². The van der Waals surface area contributed by atoms with E-state index in [2.05, 4.69) is 10.3 Å². The standard InChI is InChI=1S/C13H17N3O2/c1-8-11(13(18)15-7-3-6-14)9-4-2-5-10(17)12(9)16-8/h2,4-5,16-17H,3,6-7,14H2,1H3,(H,15,18). The van der Waals surface area contributed by atoms with Crippen LogP contribution in [0.2, 0.25) is 0 Å². The van der Waals surface area contributed by atoms with Crippen LogP contribution in [-0.2, 0) is 0 Å². The summed E-state index contributed by atoms with van der Waals surface area (Å²) in [4.78, 5) is 15.1. The molecule has 96 valence electrons. The van der Waals surface area contributed by atoms with Gasteiger partial charge < -0.3 is 21.1 Å². The second kappa shape index (κ2) is 5.10. The van der Waals surface area contributed by atoms with Gasteiger partial charge in [0, 0.05) is 17.6 Å². The van der Waals surface area contributed by atoms with Crippen molar-refractivity contribution in [1.82, 2.24) is 10.3 Å². The molecule has 0 unspecified atom stereocenters. The van der Waals surface area contributed by atoms with E-state index in [1.807, 2.05) is 13.0 Å². The van der Waals surface area contributed by atoms with Gasteiger partial charge in [0.1, 0.15) is 5.75 Å². The van der Waals surface area contributed by atoms with Crippen LogP contribution < -0.4 is 11.1 Å². The fourth-order valence-electron chi connectivity index (χ4n) is 2.02. The van der Waals surface area contributed by atoms with E-state index in [0.29, 0.717) is 24.2 Å². The molecule has 0 aliphatic heterocycles. The number of H-pyrrole nitrogens is 1. The third-order valence-corrected chi connectivity index (χ3v) is 2.89. The molecule has 1 amide bonds. The highest BCUT2D eigenvalue weighted by molar-refractivity contribution is 6.09. The Bertz CT molecular complexity index is 575. The molecule has 1 aromatic heterocycles. The van der Waals surface area contributed by atoms with Gasteiger partial charge in [-0.1, -0.05) is 12.1 Å². The first-order chi connectivity index (χ1) is 8.65. The number of para-hydroxylation sites is 1. The van der Waals surface area contributed by atoms with E-state index < -0.39 is 0 Å². The van der Waals surface area contributed by atoms with Gasteiger partial charge in [0.15, 0.2) is 0 Å². The quantitative estimate of drug-likeness (QED) is 0.613. The molecular weight excluding hydrogens is 230 g/mol. The number of phenols is 1. The van der Waals surface area contributed by atoms with Gasteiger partial charge in [0.05, 0.1) is 11.1 Å². The Morgan fingerprint density at radius 2 is 2.28 bits per heavy atom. The molecule has 0 atom stereocenters. The normalized spacial score (nSPS) is 10.8. The number of carbonyl (C=O) groups is 1. The lowest BCUT2D eigenvalue weighted by atomic mass is 10.1. The van der Waals surface area contributed by atoms with Gasteiger partial charge in [0.2, 0.25) is 0 Å². The number of hydrogen-bond donors (Lipinski definition) is 4. The number of aryl methyl sites for hydroxylation is 1. The van der Waals surface area contributed by atoms with Gasteiger partial charge in [0.25, 0.3) is 5.91 Å². The van der Waals surface area contributed by atoms with Crippen LogP contribution >= 0.6 is 0 Å². The Kier molecular flexibility index (Phi) is 3.53. The number of hydrogen-bond acceptors (Lipinski definition) is 3. The third-order valence-electron chi connectivity index (χ3n) is 2.89. The Morgan fingerprint density at radius 1 is 1.50 bits per heavy atom. The van der Waals surface area contributed by atoms with Crippen molar-refractivity contribution in [3.05, 3.63) is 29.5 Å². The summed E-state index contributed by atoms with van der Waals surface area (Å²) >= 11 is 0. The van der Waals surface area contributed by atoms with E-state index in [4.69, 9.17) is 5.73 Å². The SMILES string of the molecule is Cc1[nH]c2c(O)cccc2c1C(=O)NCCCN. The molecule has 5 heteroatoms. The zero-order chi connectivity index (χ0) is 13.1. The average Bonchev–Trinajstić information content (AvgIpc) is 2.67. The molecule has 5 nitrogen and oxygen atoms in total. The van der Waals surface area contributed by atoms with Crippen LogP contribution in [0.15, 0.2) is 18.2 Å². The predicted octanol–water partition coefficient (Wildman–Crippen LogP) is 1.26. The van der Waals surface area contributed by atoms with E-state index in [9.17, 15) is 9.90 Å². The molecule has 0 aliphatic rings. The molecule has 1 aromatic carbocycles. The number of amides is 1. The molecule has 2 aromatic rings. The summed E-state index contributed by atoms with van der Waals surface area (Å²) in [6.07, 6.45) is 0.748. The smallest absolute Gasteiger partial charge is 0.253 e. The Balaban J connectivity index is 2.35. The molecule has 0 saturated carbocycles. The number of aromatic hydroxyl groups is 1. The van der Waals surface area contributed by atoms with Crippen molar-refractivity contribution in [2.24, 2.45) is 5.73 Å². The third kappa shape index (κ3) is 2.17. The van der Waals surface area contributed by atoms with Gasteiger partial charge in [-0.2, -0.15) is 0 Å². The van der Waals surface area contributed by atoms with Crippen LogP contribution in [0.4, 0.5) is 0 Å². The highest BCUT2D eigenvalue weighted by Crippen LogP contribution is 2.28. The maximum absolute atomic E-state index is 12.1. The van der Waals surface area contributed by atoms with Crippen LogP contribution in [0, 0.1) is 6.92 Å². The number of carbonyl (C=O) groups excluding carboxylic acids is 1. The summed E-state index contributed by atoms with van der Waals surface area (Å²) in [6, 6.07) is 5.13. The van der Waals surface area contributed by atoms with Crippen molar-refractivity contribution in [3.63, 3.8) is 0 Å². The lowest BCUT2D eigenvalue weighted by Crippen LogP contribution is -2.26. The van der Waals surface area contributed by atoms with E-state index in [0.717, 1.165) is 17.5 Å². The summed E-state index contributed by atoms with van der Waals surface area (Å²) < 4.78 is 0. The molecule has 0 saturated heterocycles. The van der Waals surface area contributed by atoms with Crippen molar-refractivity contribution in [2.45, 2.75) is 13.3 Å². The second-order valence-corrected chi connectivity index (χ2v) is 4.22. The van der Waals surface area contributed by atoms with E-state index in [1.165, 1.54) is 0 Å². The number of nitrogens with two attached hydrogens (primary N) is 1. The van der Waals surface area contributed by atoms with Crippen molar-refractivity contribution >= 4 is 16.8 Å². The number of fused-ring (bicyclic) bond motifs is 1. The molecular formula is C13H17N3O2. The van der Waals surface area contributed by atoms with Crippen molar-refractivity contribution < 1.29 is 9.90 Å². The van der Waals surface area contributed by atoms with Crippen LogP contribution in [-0.4, -0.2) is 29.1 Å². The molecule has 0 spiro atoms. The molecule has 0 fully saturated rings. The second-order valence-electron chi connectivity index (χ2n) is 4.22. The van der Waals surface area contributed by atoms with Crippen LogP contribution in [0.25, 0.3) is 10.9 Å². The van der Waals surface area contributed by atoms with Crippen molar-refractivity contribution in [3.8, 4) is 5.75 Å². The summed E-state index contributed by atoms with van der Waals surface area (Å²) in [5.74, 6) is 0.00871. The van der Waals surface area contributed by atoms with Crippen LogP contribution in [0.1, 0.15) is 22.5 Å². The summed E-state index contributed by atoms with van der Waals surface area (Å²) in [5, 5.41) is 13.3. The number of rotatable bonds is 4. The van der Waals surface area contributed by atoms with E-state index in [1.54, 1.807) is 12.1 Å². The minimum atomic E-state index is -0.141. The zero-order valence-corrected chi connectivity index (χ0v) is 10.3. The monoisotopic (exact) mass is 247 g/mol. The molecule has 1 heterocycles. The maximum Gasteiger partial charge on any atom is 0.253 e. The molecule has 5 N–H and O–H groups in total. The Morgan fingerprint density at radius 3 is 3.00 bits per heavy atom. The Hall–Kier alpha value is -2.01. The first-order valence-corrected chi connectivity index (χ1v) is 5.93. The summed E-state index contributed by atoms with van der Waals surface area (Å²) in [7, 11) is 0. The fraction of sp³-hybridized carbons (Fsp3) is 0.308. The minimum Gasteiger partial charge on any atom is -0.506 e. The first kappa shape index (κ1) is 12.4. The number of aromatic amines is 1. The van der Waals surface area contributed by atoms with Gasteiger partial charge in [-0.25, -0.2) is 0 Å². The minimum absolute atomic E-state index is 0.141. The van der Waals surface area contributed by atoms with Gasteiger partial charge in [-0.05, 0) is 26.0 Å². The lowest BCUT2D eigenvalue weighted by Gasteiger charge is -2.04. The largest absolute Gasteiger partial charge is 0.506 e. The number of nitrogens with one attached hydrogen (secondary N) is 2. The molecule has 0 aliphatic carbocycles. The average molecular weight is 247 g/mol. The van der Waals surface area contributed by atoms with Gasteiger partial charge >= 0.3 is 0 Å². The maximum atomic E-state index is 12.1. The summed E-state index contributed by atoms with van der Waals surface area (Å²) in [6.45, 7) is 2.92. The van der Waals surface area contributed by atoms with Crippen LogP contribution in [0.3, 0.4) is 0 Å². The molecule has 0 bridgehead atoms. The lowest BCUT2D eigenvalue weighted by molar-refractivity contribution is 0.0954. The molecule has 2 rings (SSSR count). The van der Waals surface area contributed by atoms with Crippen molar-refractivity contribution in [2.75, 3.05) is 13.1 Å². The van der Waals surface area contributed by atoms with E-state index >= 15 is 0 Å². The fourth-order valence-corrected chi connectivity index (χ4v) is 2.02. The zero-order valence-electron chi connectivity index (χ0n) is 10.3. The predicted molar refractivity (Wildman–Crippen MR) is 70.7 cm³/mol. The number of phenolic OH excluding ortho intramolecular Hbond substituents is 1. The topological polar surface area (TPSA) is 91.1 Å². The summed E-state index contributed by atoms with van der Waals surface area (Å²) in [5.41, 5.74) is 7.31. The number of benzene rings is 1. The highest BCUT2D eigenvalue weighted by Gasteiger charge is 2.16. The Labute approximate surface area is 105 Å².